The smallest absolute Gasteiger partial charge is 0.243 e. The Kier molecular flexibility index (Phi) is 8.47. The summed E-state index contributed by atoms with van der Waals surface area (Å²) in [6.45, 7) is -0.139. The largest absolute Gasteiger partial charge is 0.256 e. The maximum Gasteiger partial charge on any atom is 0.243 e. The molecule has 0 saturated carbocycles. The molecule has 0 saturated heterocycles. The molecule has 3 heteroatoms. The van der Waals surface area contributed by atoms with Crippen LogP contribution in [0.4, 0.5) is 0 Å². The van der Waals surface area contributed by atoms with Gasteiger partial charge in [0.05, 0.1) is 11.4 Å². The molecule has 0 aliphatic rings. The van der Waals surface area contributed by atoms with E-state index in [1.165, 1.54) is 38.6 Å². The third-order valence-corrected chi connectivity index (χ3v) is 9.19. The molecule has 0 N–H and O–H groups in total. The number of benzene rings is 6. The van der Waals surface area contributed by atoms with E-state index >= 15 is 0 Å². The number of rotatable bonds is 8. The fourth-order valence-electron chi connectivity index (χ4n) is 6.93. The van der Waals surface area contributed by atoms with Crippen molar-refractivity contribution in [1.29, 1.82) is 0 Å². The van der Waals surface area contributed by atoms with Gasteiger partial charge in [-0.2, -0.15) is 0 Å². The van der Waals surface area contributed by atoms with Crippen LogP contribution in [0.25, 0.3) is 55.9 Å². The topological polar surface area (TPSA) is 25.8 Å². The zero-order valence-electron chi connectivity index (χ0n) is 27.0. The van der Waals surface area contributed by atoms with Crippen molar-refractivity contribution in [2.75, 3.05) is 0 Å². The molecule has 6 aromatic carbocycles. The second-order valence-corrected chi connectivity index (χ2v) is 12.1. The third-order valence-electron chi connectivity index (χ3n) is 9.19. The molecular weight excluding hydrogens is 591 g/mol. The minimum absolute atomic E-state index is 0.139. The summed E-state index contributed by atoms with van der Waals surface area (Å²) < 4.78 is 0. The quantitative estimate of drug-likeness (QED) is 0.158. The fourth-order valence-corrected chi connectivity index (χ4v) is 6.93. The van der Waals surface area contributed by atoms with Crippen LogP contribution >= 0.6 is 0 Å². The molecule has 0 radical (unpaired) electrons. The predicted octanol–water partition coefficient (Wildman–Crippen LogP) is 9.33. The summed E-state index contributed by atoms with van der Waals surface area (Å²) in [5.41, 5.74) is 14.7. The van der Waals surface area contributed by atoms with Gasteiger partial charge >= 0.3 is 0 Å². The van der Waals surface area contributed by atoms with E-state index in [1.54, 1.807) is 0 Å². The SMILES string of the molecule is c1ccc(-c2ccc(B(c3ccccc3-c3ccccn3)c3ccccc3-c3ncccc3-c3ccccc3)c(-c3ccccc3)c2)cc1. The van der Waals surface area contributed by atoms with Gasteiger partial charge in [-0.3, -0.25) is 9.97 Å². The van der Waals surface area contributed by atoms with Crippen molar-refractivity contribution in [1.82, 2.24) is 9.97 Å². The first kappa shape index (κ1) is 30.0. The lowest BCUT2D eigenvalue weighted by molar-refractivity contribution is 1.33. The zero-order valence-corrected chi connectivity index (χ0v) is 27.0. The molecule has 0 atom stereocenters. The van der Waals surface area contributed by atoms with Gasteiger partial charge in [-0.1, -0.05) is 180 Å². The lowest BCUT2D eigenvalue weighted by Crippen LogP contribution is -2.54. The van der Waals surface area contributed by atoms with E-state index < -0.39 is 0 Å². The van der Waals surface area contributed by atoms with E-state index in [0.29, 0.717) is 0 Å². The summed E-state index contributed by atoms with van der Waals surface area (Å²) in [6.07, 6.45) is 3.78. The van der Waals surface area contributed by atoms with Crippen LogP contribution in [-0.4, -0.2) is 16.7 Å². The summed E-state index contributed by atoms with van der Waals surface area (Å²) in [6, 6.07) is 66.7. The highest BCUT2D eigenvalue weighted by atomic mass is 14.7. The molecule has 0 aliphatic heterocycles. The van der Waals surface area contributed by atoms with Crippen LogP contribution in [0.1, 0.15) is 0 Å². The van der Waals surface area contributed by atoms with Gasteiger partial charge in [0.15, 0.2) is 0 Å². The highest BCUT2D eigenvalue weighted by molar-refractivity contribution is 6.97. The normalized spacial score (nSPS) is 10.9. The minimum Gasteiger partial charge on any atom is -0.256 e. The first-order valence-corrected chi connectivity index (χ1v) is 16.7. The van der Waals surface area contributed by atoms with E-state index in [-0.39, 0.29) is 6.71 Å². The Labute approximate surface area is 288 Å². The Morgan fingerprint density at radius 3 is 1.49 bits per heavy atom. The number of aromatic nitrogens is 2. The predicted molar refractivity (Wildman–Crippen MR) is 207 cm³/mol. The molecule has 2 nitrogen and oxygen atoms in total. The van der Waals surface area contributed by atoms with Crippen LogP contribution in [0.15, 0.2) is 200 Å². The molecule has 0 spiro atoms. The second kappa shape index (κ2) is 13.8. The molecule has 8 aromatic rings. The molecule has 0 aliphatic carbocycles. The Morgan fingerprint density at radius 2 is 0.816 bits per heavy atom. The van der Waals surface area contributed by atoms with Gasteiger partial charge < -0.3 is 0 Å². The molecule has 0 bridgehead atoms. The summed E-state index contributed by atoms with van der Waals surface area (Å²) in [4.78, 5) is 9.89. The Balaban J connectivity index is 1.43. The van der Waals surface area contributed by atoms with Crippen molar-refractivity contribution in [3.05, 3.63) is 200 Å². The van der Waals surface area contributed by atoms with Crippen molar-refractivity contribution in [3.8, 4) is 55.9 Å². The van der Waals surface area contributed by atoms with Crippen LogP contribution in [0.3, 0.4) is 0 Å². The van der Waals surface area contributed by atoms with Gasteiger partial charge in [0.25, 0.3) is 0 Å². The monoisotopic (exact) mass is 624 g/mol. The van der Waals surface area contributed by atoms with Crippen LogP contribution < -0.4 is 16.4 Å². The number of hydrogen-bond donors (Lipinski definition) is 0. The van der Waals surface area contributed by atoms with Crippen molar-refractivity contribution in [2.45, 2.75) is 0 Å². The molecule has 0 unspecified atom stereocenters. The highest BCUT2D eigenvalue weighted by Crippen LogP contribution is 2.31. The summed E-state index contributed by atoms with van der Waals surface area (Å²) in [5.74, 6) is 0. The van der Waals surface area contributed by atoms with Gasteiger partial charge in [0.2, 0.25) is 6.71 Å². The van der Waals surface area contributed by atoms with Gasteiger partial charge in [-0.05, 0) is 63.2 Å². The van der Waals surface area contributed by atoms with Gasteiger partial charge in [-0.25, -0.2) is 0 Å². The Bertz CT molecular complexity index is 2320. The van der Waals surface area contributed by atoms with Crippen molar-refractivity contribution in [3.63, 3.8) is 0 Å². The lowest BCUT2D eigenvalue weighted by atomic mass is 9.34. The first-order chi connectivity index (χ1) is 24.3. The summed E-state index contributed by atoms with van der Waals surface area (Å²) in [5, 5.41) is 0. The van der Waals surface area contributed by atoms with E-state index in [1.807, 2.05) is 24.5 Å². The average Bonchev–Trinajstić information content (AvgIpc) is 3.20. The van der Waals surface area contributed by atoms with Gasteiger partial charge in [0, 0.05) is 18.0 Å². The molecule has 8 rings (SSSR count). The zero-order chi connectivity index (χ0) is 32.8. The van der Waals surface area contributed by atoms with Crippen LogP contribution in [0.2, 0.25) is 0 Å². The number of hydrogen-bond acceptors (Lipinski definition) is 2. The average molecular weight is 625 g/mol. The maximum atomic E-state index is 5.06. The highest BCUT2D eigenvalue weighted by Gasteiger charge is 2.31. The van der Waals surface area contributed by atoms with Crippen LogP contribution in [0, 0.1) is 0 Å². The van der Waals surface area contributed by atoms with E-state index in [2.05, 4.69) is 176 Å². The standard InChI is InChI=1S/C46H33BN2/c1-4-17-34(18-5-1)37-29-30-44(41(33-37)36-21-8-3-9-22-36)47(42-26-12-10-23-39(42)45-28-14-15-31-48-45)43-27-13-11-24-40(43)46-38(25-16-32-49-46)35-19-6-2-7-20-35/h1-33H. The third kappa shape index (κ3) is 6.11. The Hall–Kier alpha value is -6.32. The van der Waals surface area contributed by atoms with Crippen molar-refractivity contribution >= 4 is 23.1 Å². The fraction of sp³-hybridized carbons (Fsp3) is 0. The van der Waals surface area contributed by atoms with Crippen LogP contribution in [-0.2, 0) is 0 Å². The first-order valence-electron chi connectivity index (χ1n) is 16.7. The molecule has 2 aromatic heterocycles. The molecule has 0 fully saturated rings. The van der Waals surface area contributed by atoms with Crippen LogP contribution in [0.5, 0.6) is 0 Å². The lowest BCUT2D eigenvalue weighted by Gasteiger charge is -2.25. The van der Waals surface area contributed by atoms with Crippen molar-refractivity contribution in [2.24, 2.45) is 0 Å². The summed E-state index contributed by atoms with van der Waals surface area (Å²) >= 11 is 0. The van der Waals surface area contributed by atoms with E-state index in [9.17, 15) is 0 Å². The molecule has 0 amide bonds. The number of nitrogens with zero attached hydrogens (tertiary/aromatic N) is 2. The molecule has 230 valence electrons. The minimum atomic E-state index is -0.139. The van der Waals surface area contributed by atoms with E-state index in [0.717, 1.165) is 33.6 Å². The molecule has 2 heterocycles. The molecule has 49 heavy (non-hydrogen) atoms. The maximum absolute atomic E-state index is 5.06. The van der Waals surface area contributed by atoms with Gasteiger partial charge in [-0.15, -0.1) is 0 Å². The summed E-state index contributed by atoms with van der Waals surface area (Å²) in [7, 11) is 0. The number of pyridine rings is 2. The molecular formula is C46H33BN2. The Morgan fingerprint density at radius 1 is 0.306 bits per heavy atom. The second-order valence-electron chi connectivity index (χ2n) is 12.1. The van der Waals surface area contributed by atoms with Gasteiger partial charge in [0.1, 0.15) is 0 Å². The van der Waals surface area contributed by atoms with Crippen molar-refractivity contribution < 1.29 is 0 Å². The van der Waals surface area contributed by atoms with E-state index in [4.69, 9.17) is 9.97 Å².